The van der Waals surface area contributed by atoms with Crippen molar-refractivity contribution in [2.75, 3.05) is 38.2 Å². The Balaban J connectivity index is 1.80. The van der Waals surface area contributed by atoms with Gasteiger partial charge in [0.05, 0.1) is 43.5 Å². The van der Waals surface area contributed by atoms with Gasteiger partial charge in [0.15, 0.2) is 5.13 Å². The van der Waals surface area contributed by atoms with E-state index in [0.29, 0.717) is 13.0 Å². The van der Waals surface area contributed by atoms with Crippen LogP contribution in [0, 0.1) is 0 Å². The van der Waals surface area contributed by atoms with E-state index in [2.05, 4.69) is 26.0 Å². The third-order valence-corrected chi connectivity index (χ3v) is 6.33. The van der Waals surface area contributed by atoms with Gasteiger partial charge in [0.2, 0.25) is 5.91 Å². The monoisotopic (exact) mass is 412 g/mol. The molecule has 0 spiro atoms. The number of hydrogen-bond donors (Lipinski definition) is 1. The highest BCUT2D eigenvalue weighted by molar-refractivity contribution is 7.22. The predicted octanol–water partition coefficient (Wildman–Crippen LogP) is 3.20. The second kappa shape index (κ2) is 10.4. The number of nitrogens with zero attached hydrogens (tertiary/aromatic N) is 2. The van der Waals surface area contributed by atoms with Gasteiger partial charge in [-0.3, -0.25) is 9.69 Å². The van der Waals surface area contributed by atoms with E-state index in [1.807, 2.05) is 41.3 Å². The molecule has 5 nitrogen and oxygen atoms in total. The van der Waals surface area contributed by atoms with Crippen molar-refractivity contribution in [1.29, 1.82) is 0 Å². The summed E-state index contributed by atoms with van der Waals surface area (Å²) < 4.78 is 6.38. The molecule has 29 heavy (non-hydrogen) atoms. The van der Waals surface area contributed by atoms with Crippen LogP contribution in [0.1, 0.15) is 25.8 Å². The van der Waals surface area contributed by atoms with Crippen LogP contribution in [0.5, 0.6) is 5.75 Å². The molecule has 1 N–H and O–H groups in total. The molecule has 0 saturated carbocycles. The van der Waals surface area contributed by atoms with Gasteiger partial charge in [0, 0.05) is 12.5 Å². The maximum Gasteiger partial charge on any atom is 0.229 e. The minimum atomic E-state index is 0.131. The van der Waals surface area contributed by atoms with E-state index in [4.69, 9.17) is 9.72 Å². The summed E-state index contributed by atoms with van der Waals surface area (Å²) in [6.45, 7) is 8.08. The lowest BCUT2D eigenvalue weighted by molar-refractivity contribution is -0.894. The third-order valence-electron chi connectivity index (χ3n) is 5.27. The van der Waals surface area contributed by atoms with Crippen LogP contribution in [0.2, 0.25) is 0 Å². The fourth-order valence-electron chi connectivity index (χ4n) is 3.37. The number of quaternary nitrogens is 1. The largest absolute Gasteiger partial charge is 0.497 e. The first kappa shape index (κ1) is 21.3. The van der Waals surface area contributed by atoms with E-state index in [0.717, 1.165) is 47.2 Å². The van der Waals surface area contributed by atoms with Gasteiger partial charge in [-0.25, -0.2) is 4.98 Å². The van der Waals surface area contributed by atoms with Crippen LogP contribution in [0.4, 0.5) is 5.13 Å². The van der Waals surface area contributed by atoms with E-state index in [1.54, 1.807) is 18.4 Å². The van der Waals surface area contributed by atoms with Crippen molar-refractivity contribution >= 4 is 32.6 Å². The number of aryl methyl sites for hydroxylation is 1. The number of carbonyl (C=O) groups excluding carboxylic acids is 1. The minimum Gasteiger partial charge on any atom is -0.497 e. The zero-order valence-electron chi connectivity index (χ0n) is 17.5. The zero-order valence-corrected chi connectivity index (χ0v) is 18.3. The van der Waals surface area contributed by atoms with Crippen LogP contribution >= 0.6 is 11.3 Å². The molecule has 3 rings (SSSR count). The highest BCUT2D eigenvalue weighted by Gasteiger charge is 2.21. The summed E-state index contributed by atoms with van der Waals surface area (Å²) in [5.41, 5.74) is 2.06. The Kier molecular flexibility index (Phi) is 7.61. The number of rotatable bonds is 10. The molecule has 1 heterocycles. The van der Waals surface area contributed by atoms with Crippen molar-refractivity contribution in [2.24, 2.45) is 0 Å². The molecular formula is C23H30N3O2S+. The summed E-state index contributed by atoms with van der Waals surface area (Å²) in [5, 5.41) is 0.776. The van der Waals surface area contributed by atoms with Gasteiger partial charge in [-0.1, -0.05) is 41.7 Å². The number of carbonyl (C=O) groups is 1. The first-order valence-electron chi connectivity index (χ1n) is 10.3. The van der Waals surface area contributed by atoms with Gasteiger partial charge >= 0.3 is 0 Å². The van der Waals surface area contributed by atoms with E-state index in [1.165, 1.54) is 10.5 Å². The number of benzene rings is 2. The van der Waals surface area contributed by atoms with Gasteiger partial charge in [0.1, 0.15) is 5.75 Å². The van der Waals surface area contributed by atoms with Crippen molar-refractivity contribution in [3.63, 3.8) is 0 Å². The first-order valence-corrected chi connectivity index (χ1v) is 11.1. The second-order valence-corrected chi connectivity index (χ2v) is 8.08. The lowest BCUT2D eigenvalue weighted by atomic mass is 10.1. The Bertz CT molecular complexity index is 922. The summed E-state index contributed by atoms with van der Waals surface area (Å²) in [5.74, 6) is 0.912. The van der Waals surface area contributed by atoms with Crippen molar-refractivity contribution in [2.45, 2.75) is 26.7 Å². The van der Waals surface area contributed by atoms with Crippen LogP contribution in [0.15, 0.2) is 48.5 Å². The van der Waals surface area contributed by atoms with E-state index in [-0.39, 0.29) is 5.91 Å². The molecule has 6 heteroatoms. The Morgan fingerprint density at radius 2 is 1.90 bits per heavy atom. The number of hydrogen-bond acceptors (Lipinski definition) is 4. The number of nitrogens with one attached hydrogen (secondary N) is 1. The molecule has 0 unspecified atom stereocenters. The van der Waals surface area contributed by atoms with Crippen LogP contribution in [-0.4, -0.2) is 44.2 Å². The molecule has 0 aliphatic carbocycles. The molecule has 3 aromatic rings. The molecule has 0 saturated heterocycles. The van der Waals surface area contributed by atoms with Gasteiger partial charge in [-0.05, 0) is 38.0 Å². The summed E-state index contributed by atoms with van der Waals surface area (Å²) in [6, 6.07) is 16.1. The average Bonchev–Trinajstić information content (AvgIpc) is 3.18. The number of thiazole rings is 1. The van der Waals surface area contributed by atoms with Crippen molar-refractivity contribution in [1.82, 2.24) is 4.98 Å². The number of aromatic nitrogens is 1. The Hall–Kier alpha value is -2.44. The predicted molar refractivity (Wildman–Crippen MR) is 120 cm³/mol. The van der Waals surface area contributed by atoms with E-state index < -0.39 is 0 Å². The number of fused-ring (bicyclic) bond motifs is 1. The lowest BCUT2D eigenvalue weighted by Gasteiger charge is -2.23. The number of likely N-dealkylation sites (N-methyl/N-ethyl adjacent to an activating group) is 1. The normalized spacial score (nSPS) is 11.2. The molecule has 1 amide bonds. The molecular weight excluding hydrogens is 382 g/mol. The molecule has 1 aromatic heterocycles. The van der Waals surface area contributed by atoms with Crippen LogP contribution < -0.4 is 14.5 Å². The van der Waals surface area contributed by atoms with E-state index >= 15 is 0 Å². The van der Waals surface area contributed by atoms with Crippen molar-refractivity contribution in [3.05, 3.63) is 54.1 Å². The highest BCUT2D eigenvalue weighted by Crippen LogP contribution is 2.31. The summed E-state index contributed by atoms with van der Waals surface area (Å²) in [4.78, 5) is 21.3. The topological polar surface area (TPSA) is 46.9 Å². The van der Waals surface area contributed by atoms with Gasteiger partial charge in [-0.2, -0.15) is 0 Å². The van der Waals surface area contributed by atoms with Crippen LogP contribution in [0.3, 0.4) is 0 Å². The molecule has 154 valence electrons. The van der Waals surface area contributed by atoms with Crippen molar-refractivity contribution < 1.29 is 14.4 Å². The summed E-state index contributed by atoms with van der Waals surface area (Å²) >= 11 is 1.57. The smallest absolute Gasteiger partial charge is 0.229 e. The summed E-state index contributed by atoms with van der Waals surface area (Å²) in [7, 11) is 1.65. The Labute approximate surface area is 176 Å². The van der Waals surface area contributed by atoms with Crippen molar-refractivity contribution in [3.8, 4) is 5.75 Å². The summed E-state index contributed by atoms with van der Waals surface area (Å²) in [6.07, 6.45) is 1.23. The molecule has 0 atom stereocenters. The SMILES string of the molecule is CC[NH+](CC)CCN(C(=O)CCc1ccccc1)c1nc2cc(OC)ccc2s1. The first-order chi connectivity index (χ1) is 14.1. The van der Waals surface area contributed by atoms with Gasteiger partial charge in [0.25, 0.3) is 0 Å². The molecule has 2 aromatic carbocycles. The standard InChI is InChI=1S/C23H29N3O2S/c1-4-25(5-2)15-16-26(22(27)14-11-18-9-7-6-8-10-18)23-24-20-17-19(28-3)12-13-21(20)29-23/h6-10,12-13,17H,4-5,11,14-16H2,1-3H3/p+1. The fraction of sp³-hybridized carbons (Fsp3) is 0.391. The fourth-order valence-corrected chi connectivity index (χ4v) is 4.36. The maximum atomic E-state index is 13.2. The van der Waals surface area contributed by atoms with Gasteiger partial charge in [-0.15, -0.1) is 0 Å². The minimum absolute atomic E-state index is 0.131. The molecule has 0 aliphatic heterocycles. The maximum absolute atomic E-state index is 13.2. The quantitative estimate of drug-likeness (QED) is 0.556. The molecule has 0 aliphatic rings. The number of methoxy groups -OCH3 is 1. The Morgan fingerprint density at radius 3 is 2.59 bits per heavy atom. The lowest BCUT2D eigenvalue weighted by Crippen LogP contribution is -3.12. The van der Waals surface area contributed by atoms with Crippen LogP contribution in [-0.2, 0) is 11.2 Å². The number of amides is 1. The second-order valence-electron chi connectivity index (χ2n) is 7.07. The molecule has 0 fully saturated rings. The molecule has 0 radical (unpaired) electrons. The highest BCUT2D eigenvalue weighted by atomic mass is 32.1. The number of ether oxygens (including phenoxy) is 1. The van der Waals surface area contributed by atoms with E-state index in [9.17, 15) is 4.79 Å². The third kappa shape index (κ3) is 5.55. The van der Waals surface area contributed by atoms with Gasteiger partial charge < -0.3 is 9.64 Å². The Morgan fingerprint density at radius 1 is 1.14 bits per heavy atom. The average molecular weight is 413 g/mol. The van der Waals surface area contributed by atoms with Crippen LogP contribution in [0.25, 0.3) is 10.2 Å². The molecule has 0 bridgehead atoms. The number of anilines is 1. The zero-order chi connectivity index (χ0) is 20.6.